The fourth-order valence-corrected chi connectivity index (χ4v) is 2.64. The summed E-state index contributed by atoms with van der Waals surface area (Å²) in [5, 5.41) is 38.6. The number of phenolic OH excluding ortho intramolecular Hbond substituents is 1. The highest BCUT2D eigenvalue weighted by Gasteiger charge is 2.29. The molecular weight excluding hydrogens is 288 g/mol. The average molecular weight is 312 g/mol. The van der Waals surface area contributed by atoms with Gasteiger partial charge in [0.1, 0.15) is 6.10 Å². The second-order valence-electron chi connectivity index (χ2n) is 5.76. The van der Waals surface area contributed by atoms with Gasteiger partial charge >= 0.3 is 0 Å². The molecule has 6 heteroatoms. The van der Waals surface area contributed by atoms with Crippen molar-refractivity contribution in [3.8, 4) is 11.5 Å². The molecule has 1 aromatic carbocycles. The standard InChI is InChI=1S/C16H24O6/c1-21-16-6-10(3-5-13(16)18)2-4-11(17)7-12-8-14(19)15(20)9-22-12/h3,5-6,11-12,14-15,17-20H,2,4,7-9H2,1H3. The zero-order valence-corrected chi connectivity index (χ0v) is 12.7. The van der Waals surface area contributed by atoms with Crippen LogP contribution in [-0.2, 0) is 11.2 Å². The Kier molecular flexibility index (Phi) is 6.02. The third kappa shape index (κ3) is 4.58. The van der Waals surface area contributed by atoms with Crippen molar-refractivity contribution in [2.75, 3.05) is 13.7 Å². The van der Waals surface area contributed by atoms with E-state index < -0.39 is 18.3 Å². The maximum Gasteiger partial charge on any atom is 0.160 e. The van der Waals surface area contributed by atoms with E-state index in [2.05, 4.69) is 0 Å². The minimum Gasteiger partial charge on any atom is -0.504 e. The average Bonchev–Trinajstić information content (AvgIpc) is 2.50. The van der Waals surface area contributed by atoms with Gasteiger partial charge in [-0.05, 0) is 37.0 Å². The molecule has 1 saturated heterocycles. The number of aliphatic hydroxyl groups excluding tert-OH is 3. The maximum atomic E-state index is 10.1. The summed E-state index contributed by atoms with van der Waals surface area (Å²) in [5.74, 6) is 0.509. The van der Waals surface area contributed by atoms with Crippen LogP contribution in [0, 0.1) is 0 Å². The van der Waals surface area contributed by atoms with Gasteiger partial charge in [-0.1, -0.05) is 6.07 Å². The van der Waals surface area contributed by atoms with E-state index in [9.17, 15) is 20.4 Å². The van der Waals surface area contributed by atoms with Gasteiger partial charge in [0.25, 0.3) is 0 Å². The number of ether oxygens (including phenoxy) is 2. The molecule has 1 aromatic rings. The fraction of sp³-hybridized carbons (Fsp3) is 0.625. The maximum absolute atomic E-state index is 10.1. The smallest absolute Gasteiger partial charge is 0.160 e. The lowest BCUT2D eigenvalue weighted by molar-refractivity contribution is -0.129. The molecule has 1 heterocycles. The van der Waals surface area contributed by atoms with Gasteiger partial charge in [-0.25, -0.2) is 0 Å². The van der Waals surface area contributed by atoms with Crippen molar-refractivity contribution in [2.45, 2.75) is 50.1 Å². The molecular formula is C16H24O6. The van der Waals surface area contributed by atoms with Crippen LogP contribution in [0.25, 0.3) is 0 Å². The fourth-order valence-electron chi connectivity index (χ4n) is 2.64. The molecule has 1 aliphatic heterocycles. The molecule has 0 spiro atoms. The highest BCUT2D eigenvalue weighted by molar-refractivity contribution is 5.41. The molecule has 4 N–H and O–H groups in total. The largest absolute Gasteiger partial charge is 0.504 e. The molecule has 1 fully saturated rings. The van der Waals surface area contributed by atoms with Gasteiger partial charge in [-0.3, -0.25) is 0 Å². The number of phenols is 1. The van der Waals surface area contributed by atoms with E-state index in [4.69, 9.17) is 9.47 Å². The highest BCUT2D eigenvalue weighted by atomic mass is 16.5. The topological polar surface area (TPSA) is 99.4 Å². The SMILES string of the molecule is COc1cc(CCC(O)CC2CC(O)C(O)CO2)ccc1O. The Bertz CT molecular complexity index is 478. The van der Waals surface area contributed by atoms with Crippen molar-refractivity contribution >= 4 is 0 Å². The van der Waals surface area contributed by atoms with Crippen LogP contribution in [-0.4, -0.2) is 58.6 Å². The van der Waals surface area contributed by atoms with Crippen LogP contribution in [0.1, 0.15) is 24.8 Å². The predicted octanol–water partition coefficient (Wildman–Crippen LogP) is 0.595. The van der Waals surface area contributed by atoms with E-state index in [1.54, 1.807) is 18.2 Å². The van der Waals surface area contributed by atoms with E-state index in [-0.39, 0.29) is 18.5 Å². The number of aryl methyl sites for hydroxylation is 1. The first kappa shape index (κ1) is 17.0. The van der Waals surface area contributed by atoms with Crippen molar-refractivity contribution < 1.29 is 29.9 Å². The zero-order chi connectivity index (χ0) is 16.1. The number of aliphatic hydroxyl groups is 3. The van der Waals surface area contributed by atoms with Crippen molar-refractivity contribution in [3.63, 3.8) is 0 Å². The lowest BCUT2D eigenvalue weighted by Crippen LogP contribution is -2.42. The predicted molar refractivity (Wildman–Crippen MR) is 80.0 cm³/mol. The zero-order valence-electron chi connectivity index (χ0n) is 12.7. The molecule has 22 heavy (non-hydrogen) atoms. The van der Waals surface area contributed by atoms with Gasteiger partial charge < -0.3 is 29.9 Å². The van der Waals surface area contributed by atoms with E-state index in [0.717, 1.165) is 5.56 Å². The monoisotopic (exact) mass is 312 g/mol. The second kappa shape index (κ2) is 7.78. The van der Waals surface area contributed by atoms with Gasteiger partial charge in [0.05, 0.1) is 32.0 Å². The Labute approximate surface area is 129 Å². The number of hydrogen-bond acceptors (Lipinski definition) is 6. The first-order valence-corrected chi connectivity index (χ1v) is 7.51. The third-order valence-corrected chi connectivity index (χ3v) is 4.00. The van der Waals surface area contributed by atoms with E-state index in [1.807, 2.05) is 0 Å². The van der Waals surface area contributed by atoms with E-state index >= 15 is 0 Å². The minimum absolute atomic E-state index is 0.0925. The molecule has 124 valence electrons. The highest BCUT2D eigenvalue weighted by Crippen LogP contribution is 2.27. The van der Waals surface area contributed by atoms with Crippen LogP contribution in [0.2, 0.25) is 0 Å². The van der Waals surface area contributed by atoms with Crippen LogP contribution < -0.4 is 4.74 Å². The number of methoxy groups -OCH3 is 1. The molecule has 6 nitrogen and oxygen atoms in total. The summed E-state index contributed by atoms with van der Waals surface area (Å²) < 4.78 is 10.5. The number of rotatable bonds is 6. The molecule has 2 rings (SSSR count). The minimum atomic E-state index is -0.835. The second-order valence-corrected chi connectivity index (χ2v) is 5.76. The molecule has 0 bridgehead atoms. The normalized spacial score (nSPS) is 26.6. The van der Waals surface area contributed by atoms with E-state index in [0.29, 0.717) is 31.4 Å². The van der Waals surface area contributed by atoms with Crippen LogP contribution in [0.3, 0.4) is 0 Å². The molecule has 0 radical (unpaired) electrons. The van der Waals surface area contributed by atoms with Gasteiger partial charge in [-0.15, -0.1) is 0 Å². The summed E-state index contributed by atoms with van der Waals surface area (Å²) in [5.41, 5.74) is 0.966. The van der Waals surface area contributed by atoms with Gasteiger partial charge in [-0.2, -0.15) is 0 Å². The number of hydrogen-bond donors (Lipinski definition) is 4. The molecule has 1 aliphatic rings. The third-order valence-electron chi connectivity index (χ3n) is 4.00. The first-order valence-electron chi connectivity index (χ1n) is 7.51. The van der Waals surface area contributed by atoms with Crippen molar-refractivity contribution in [1.82, 2.24) is 0 Å². The van der Waals surface area contributed by atoms with Crippen LogP contribution in [0.5, 0.6) is 11.5 Å². The van der Waals surface area contributed by atoms with Gasteiger partial charge in [0, 0.05) is 6.42 Å². The van der Waals surface area contributed by atoms with Gasteiger partial charge in [0.15, 0.2) is 11.5 Å². The van der Waals surface area contributed by atoms with Gasteiger partial charge in [0.2, 0.25) is 0 Å². The molecule has 4 atom stereocenters. The summed E-state index contributed by atoms with van der Waals surface area (Å²) >= 11 is 0. The first-order chi connectivity index (χ1) is 10.5. The van der Waals surface area contributed by atoms with Crippen LogP contribution >= 0.6 is 0 Å². The van der Waals surface area contributed by atoms with Crippen molar-refractivity contribution in [1.29, 1.82) is 0 Å². The van der Waals surface area contributed by atoms with Crippen molar-refractivity contribution in [2.24, 2.45) is 0 Å². The summed E-state index contributed by atoms with van der Waals surface area (Å²) in [6.07, 6.45) is -0.438. The Morgan fingerprint density at radius 3 is 2.77 bits per heavy atom. The Morgan fingerprint density at radius 1 is 1.32 bits per heavy atom. The lowest BCUT2D eigenvalue weighted by atomic mass is 9.96. The van der Waals surface area contributed by atoms with Crippen molar-refractivity contribution in [3.05, 3.63) is 23.8 Å². The molecule has 0 aliphatic carbocycles. The van der Waals surface area contributed by atoms with Crippen LogP contribution in [0.4, 0.5) is 0 Å². The number of benzene rings is 1. The Hall–Kier alpha value is -1.34. The number of aromatic hydroxyl groups is 1. The summed E-state index contributed by atoms with van der Waals surface area (Å²) in [6.45, 7) is 0.105. The summed E-state index contributed by atoms with van der Waals surface area (Å²) in [6, 6.07) is 5.11. The van der Waals surface area contributed by atoms with E-state index in [1.165, 1.54) is 7.11 Å². The Balaban J connectivity index is 1.79. The summed E-state index contributed by atoms with van der Waals surface area (Å²) in [4.78, 5) is 0. The molecule has 0 saturated carbocycles. The quantitative estimate of drug-likeness (QED) is 0.614. The molecule has 4 unspecified atom stereocenters. The summed E-state index contributed by atoms with van der Waals surface area (Å²) in [7, 11) is 1.49. The molecule has 0 amide bonds. The molecule has 0 aromatic heterocycles. The van der Waals surface area contributed by atoms with Crippen LogP contribution in [0.15, 0.2) is 18.2 Å². The Morgan fingerprint density at radius 2 is 2.09 bits per heavy atom. The lowest BCUT2D eigenvalue weighted by Gasteiger charge is -2.31.